The fraction of sp³-hybridized carbons (Fsp3) is 0.500. The van der Waals surface area contributed by atoms with Gasteiger partial charge in [-0.2, -0.15) is 11.8 Å². The van der Waals surface area contributed by atoms with E-state index in [0.29, 0.717) is 17.3 Å². The van der Waals surface area contributed by atoms with Crippen molar-refractivity contribution in [3.05, 3.63) is 18.2 Å². The first kappa shape index (κ1) is 16.1. The molecule has 0 aliphatic heterocycles. The van der Waals surface area contributed by atoms with Crippen LogP contribution in [-0.4, -0.2) is 34.0 Å². The van der Waals surface area contributed by atoms with E-state index in [2.05, 4.69) is 23.2 Å². The Morgan fingerprint density at radius 2 is 2.11 bits per heavy atom. The van der Waals surface area contributed by atoms with Crippen molar-refractivity contribution in [3.8, 4) is 0 Å². The Morgan fingerprint density at radius 3 is 2.68 bits per heavy atom. The molecule has 0 radical (unpaired) electrons. The van der Waals surface area contributed by atoms with E-state index in [-0.39, 0.29) is 4.90 Å². The van der Waals surface area contributed by atoms with Crippen molar-refractivity contribution in [2.45, 2.75) is 11.8 Å². The average molecular weight is 303 g/mol. The number of nitrogen functional groups attached to an aromatic ring is 1. The van der Waals surface area contributed by atoms with Crippen LogP contribution in [0.25, 0.3) is 0 Å². The van der Waals surface area contributed by atoms with Gasteiger partial charge in [-0.3, -0.25) is 0 Å². The van der Waals surface area contributed by atoms with Gasteiger partial charge in [-0.05, 0) is 43.2 Å². The second-order valence-corrected chi connectivity index (χ2v) is 7.17. The average Bonchev–Trinajstić information content (AvgIpc) is 2.37. The Bertz CT molecular complexity index is 518. The van der Waals surface area contributed by atoms with Crippen LogP contribution >= 0.6 is 11.8 Å². The van der Waals surface area contributed by atoms with Crippen LogP contribution in [0.1, 0.15) is 6.92 Å². The Balaban J connectivity index is 2.95. The van der Waals surface area contributed by atoms with Crippen LogP contribution in [0.5, 0.6) is 0 Å². The first-order valence-electron chi connectivity index (χ1n) is 5.96. The number of hydrogen-bond acceptors (Lipinski definition) is 5. The lowest BCUT2D eigenvalue weighted by molar-refractivity contribution is 0.588. The molecular formula is C12H21N3O2S2. The third-order valence-corrected chi connectivity index (χ3v) is 5.01. The summed E-state index contributed by atoms with van der Waals surface area (Å²) < 4.78 is 26.2. The number of rotatable bonds is 7. The van der Waals surface area contributed by atoms with Crippen molar-refractivity contribution in [1.82, 2.24) is 4.72 Å². The maximum Gasteiger partial charge on any atom is 0.242 e. The molecule has 4 N–H and O–H groups in total. The highest BCUT2D eigenvalue weighted by Gasteiger charge is 2.17. The van der Waals surface area contributed by atoms with E-state index in [1.54, 1.807) is 23.9 Å². The highest BCUT2D eigenvalue weighted by molar-refractivity contribution is 7.98. The first-order chi connectivity index (χ1) is 8.90. The van der Waals surface area contributed by atoms with E-state index in [4.69, 9.17) is 5.73 Å². The summed E-state index contributed by atoms with van der Waals surface area (Å²) in [6, 6.07) is 4.86. The van der Waals surface area contributed by atoms with Crippen LogP contribution < -0.4 is 15.8 Å². The molecule has 1 aromatic carbocycles. The van der Waals surface area contributed by atoms with Crippen LogP contribution in [-0.2, 0) is 10.0 Å². The molecule has 1 atom stereocenters. The summed E-state index contributed by atoms with van der Waals surface area (Å²) in [5.74, 6) is 1.48. The molecule has 0 spiro atoms. The number of benzene rings is 1. The van der Waals surface area contributed by atoms with Gasteiger partial charge in [0.05, 0.1) is 5.69 Å². The van der Waals surface area contributed by atoms with Gasteiger partial charge in [-0.25, -0.2) is 13.1 Å². The lowest BCUT2D eigenvalue weighted by Crippen LogP contribution is -2.22. The molecule has 108 valence electrons. The summed E-state index contributed by atoms with van der Waals surface area (Å²) in [6.07, 6.45) is 2.05. The van der Waals surface area contributed by atoms with Gasteiger partial charge < -0.3 is 11.1 Å². The summed E-state index contributed by atoms with van der Waals surface area (Å²) in [7, 11) is -2.12. The van der Waals surface area contributed by atoms with E-state index in [0.717, 1.165) is 12.3 Å². The molecule has 19 heavy (non-hydrogen) atoms. The minimum Gasteiger partial charge on any atom is -0.399 e. The van der Waals surface area contributed by atoms with E-state index in [1.165, 1.54) is 13.1 Å². The molecule has 0 bridgehead atoms. The standard InChI is InChI=1S/C12H21N3O2S2/c1-9(8-18-3)7-15-11-5-4-10(13)6-12(11)19(16,17)14-2/h4-6,9,14-15H,7-8,13H2,1-3H3. The van der Waals surface area contributed by atoms with Gasteiger partial charge in [-0.15, -0.1) is 0 Å². The zero-order chi connectivity index (χ0) is 14.5. The Labute approximate surface area is 119 Å². The van der Waals surface area contributed by atoms with Gasteiger partial charge in [0.1, 0.15) is 4.90 Å². The van der Waals surface area contributed by atoms with Crippen molar-refractivity contribution in [1.29, 1.82) is 0 Å². The summed E-state index contributed by atoms with van der Waals surface area (Å²) in [5, 5.41) is 3.18. The first-order valence-corrected chi connectivity index (χ1v) is 8.84. The smallest absolute Gasteiger partial charge is 0.242 e. The van der Waals surface area contributed by atoms with Crippen molar-refractivity contribution >= 4 is 33.2 Å². The number of anilines is 2. The van der Waals surface area contributed by atoms with E-state index < -0.39 is 10.0 Å². The molecule has 0 aliphatic carbocycles. The van der Waals surface area contributed by atoms with Crippen molar-refractivity contribution < 1.29 is 8.42 Å². The number of hydrogen-bond donors (Lipinski definition) is 3. The second kappa shape index (κ2) is 7.02. The third kappa shape index (κ3) is 4.59. The Hall–Kier alpha value is -0.920. The Morgan fingerprint density at radius 1 is 1.42 bits per heavy atom. The van der Waals surface area contributed by atoms with Crippen LogP contribution in [0, 0.1) is 5.92 Å². The fourth-order valence-corrected chi connectivity index (χ4v) is 3.27. The highest BCUT2D eigenvalue weighted by atomic mass is 32.2. The van der Waals surface area contributed by atoms with Crippen LogP contribution in [0.3, 0.4) is 0 Å². The van der Waals surface area contributed by atoms with Gasteiger partial charge in [0.2, 0.25) is 10.0 Å². The minimum absolute atomic E-state index is 0.186. The molecule has 0 amide bonds. The molecule has 1 unspecified atom stereocenters. The number of sulfonamides is 1. The molecule has 0 heterocycles. The van der Waals surface area contributed by atoms with Crippen molar-refractivity contribution in [2.24, 2.45) is 5.92 Å². The van der Waals surface area contributed by atoms with Gasteiger partial charge in [0, 0.05) is 12.2 Å². The summed E-state index contributed by atoms with van der Waals surface area (Å²) >= 11 is 1.77. The molecule has 1 rings (SSSR count). The van der Waals surface area contributed by atoms with Crippen molar-refractivity contribution in [3.63, 3.8) is 0 Å². The van der Waals surface area contributed by atoms with E-state index in [1.807, 2.05) is 0 Å². The quantitative estimate of drug-likeness (QED) is 0.666. The predicted molar refractivity (Wildman–Crippen MR) is 83.1 cm³/mol. The molecule has 7 heteroatoms. The SMILES string of the molecule is CNS(=O)(=O)c1cc(N)ccc1NCC(C)CSC. The molecule has 0 saturated carbocycles. The number of nitrogens with one attached hydrogen (secondary N) is 2. The van der Waals surface area contributed by atoms with Crippen molar-refractivity contribution in [2.75, 3.05) is 36.7 Å². The monoisotopic (exact) mass is 303 g/mol. The normalized spacial score (nSPS) is 13.2. The topological polar surface area (TPSA) is 84.2 Å². The minimum atomic E-state index is -3.51. The lowest BCUT2D eigenvalue weighted by atomic mass is 10.2. The molecule has 5 nitrogen and oxygen atoms in total. The van der Waals surface area contributed by atoms with Gasteiger partial charge in [-0.1, -0.05) is 6.92 Å². The highest BCUT2D eigenvalue weighted by Crippen LogP contribution is 2.24. The molecule has 1 aromatic rings. The molecule has 0 aliphatic rings. The second-order valence-electron chi connectivity index (χ2n) is 4.40. The summed E-state index contributed by atoms with van der Waals surface area (Å²) in [4.78, 5) is 0.186. The molecular weight excluding hydrogens is 282 g/mol. The zero-order valence-electron chi connectivity index (χ0n) is 11.4. The van der Waals surface area contributed by atoms with Gasteiger partial charge in [0.15, 0.2) is 0 Å². The largest absolute Gasteiger partial charge is 0.399 e. The zero-order valence-corrected chi connectivity index (χ0v) is 13.1. The molecule has 0 fully saturated rings. The number of thioether (sulfide) groups is 1. The van der Waals surface area contributed by atoms with Crippen LogP contribution in [0.2, 0.25) is 0 Å². The van der Waals surface area contributed by atoms with E-state index in [9.17, 15) is 8.42 Å². The van der Waals surface area contributed by atoms with Gasteiger partial charge in [0.25, 0.3) is 0 Å². The van der Waals surface area contributed by atoms with Gasteiger partial charge >= 0.3 is 0 Å². The Kier molecular flexibility index (Phi) is 5.96. The number of nitrogens with two attached hydrogens (primary N) is 1. The fourth-order valence-electron chi connectivity index (χ4n) is 1.64. The molecule has 0 aromatic heterocycles. The van der Waals surface area contributed by atoms with E-state index >= 15 is 0 Å². The molecule has 0 saturated heterocycles. The maximum absolute atomic E-state index is 11.9. The third-order valence-electron chi connectivity index (χ3n) is 2.66. The maximum atomic E-state index is 11.9. The van der Waals surface area contributed by atoms with Crippen LogP contribution in [0.15, 0.2) is 23.1 Å². The lowest BCUT2D eigenvalue weighted by Gasteiger charge is -2.16. The van der Waals surface area contributed by atoms with Crippen LogP contribution in [0.4, 0.5) is 11.4 Å². The summed E-state index contributed by atoms with van der Waals surface area (Å²) in [5.41, 5.74) is 6.67. The predicted octanol–water partition coefficient (Wildman–Crippen LogP) is 1.59. The summed E-state index contributed by atoms with van der Waals surface area (Å²) in [6.45, 7) is 2.84.